The smallest absolute Gasteiger partial charge is 0.222 e. The summed E-state index contributed by atoms with van der Waals surface area (Å²) in [5.41, 5.74) is 0. The van der Waals surface area contributed by atoms with E-state index in [2.05, 4.69) is 20.8 Å². The van der Waals surface area contributed by atoms with Gasteiger partial charge in [-0.3, -0.25) is 4.79 Å². The van der Waals surface area contributed by atoms with Crippen molar-refractivity contribution in [1.82, 2.24) is 30.4 Å². The SMILES string of the molecule is CNCCn1nnnc1SCCCC(=O)N(C)C. The minimum Gasteiger partial charge on any atom is -0.349 e. The molecule has 0 aliphatic heterocycles. The zero-order chi connectivity index (χ0) is 13.4. The number of likely N-dealkylation sites (N-methyl/N-ethyl adjacent to an activating group) is 1. The molecule has 1 aromatic rings. The van der Waals surface area contributed by atoms with Gasteiger partial charge in [-0.2, -0.15) is 0 Å². The Hall–Kier alpha value is -1.15. The Bertz CT molecular complexity index is 367. The monoisotopic (exact) mass is 272 g/mol. The minimum absolute atomic E-state index is 0.158. The molecule has 1 aromatic heterocycles. The fraction of sp³-hybridized carbons (Fsp3) is 0.800. The van der Waals surface area contributed by atoms with Crippen molar-refractivity contribution in [2.24, 2.45) is 0 Å². The second-order valence-electron chi connectivity index (χ2n) is 4.03. The van der Waals surface area contributed by atoms with E-state index in [0.29, 0.717) is 6.42 Å². The van der Waals surface area contributed by atoms with Gasteiger partial charge in [0.2, 0.25) is 11.1 Å². The number of aromatic nitrogens is 4. The molecule has 7 nitrogen and oxygen atoms in total. The Morgan fingerprint density at radius 3 is 2.94 bits per heavy atom. The van der Waals surface area contributed by atoms with Gasteiger partial charge < -0.3 is 10.2 Å². The molecular formula is C10H20N6OS. The van der Waals surface area contributed by atoms with Crippen LogP contribution in [0.25, 0.3) is 0 Å². The summed E-state index contributed by atoms with van der Waals surface area (Å²) in [6, 6.07) is 0. The van der Waals surface area contributed by atoms with E-state index >= 15 is 0 Å². The highest BCUT2D eigenvalue weighted by atomic mass is 32.2. The summed E-state index contributed by atoms with van der Waals surface area (Å²) in [6.45, 7) is 1.58. The van der Waals surface area contributed by atoms with Crippen LogP contribution in [0, 0.1) is 0 Å². The summed E-state index contributed by atoms with van der Waals surface area (Å²) in [5, 5.41) is 15.4. The molecule has 0 aromatic carbocycles. The molecule has 1 rings (SSSR count). The Balaban J connectivity index is 2.26. The molecule has 0 saturated carbocycles. The first kappa shape index (κ1) is 14.9. The van der Waals surface area contributed by atoms with Gasteiger partial charge in [0.25, 0.3) is 0 Å². The van der Waals surface area contributed by atoms with Crippen molar-refractivity contribution in [3.05, 3.63) is 0 Å². The molecule has 0 fully saturated rings. The standard InChI is InChI=1S/C10H20N6OS/c1-11-6-7-16-10(12-13-14-16)18-8-4-5-9(17)15(2)3/h11H,4-8H2,1-3H3. The van der Waals surface area contributed by atoms with Crippen LogP contribution >= 0.6 is 11.8 Å². The third-order valence-electron chi connectivity index (χ3n) is 2.34. The van der Waals surface area contributed by atoms with Gasteiger partial charge in [-0.1, -0.05) is 11.8 Å². The lowest BCUT2D eigenvalue weighted by Gasteiger charge is -2.09. The van der Waals surface area contributed by atoms with Crippen LogP contribution in [0.3, 0.4) is 0 Å². The van der Waals surface area contributed by atoms with Crippen LogP contribution < -0.4 is 5.32 Å². The number of hydrogen-bond donors (Lipinski definition) is 1. The van der Waals surface area contributed by atoms with Crippen LogP contribution in [0.2, 0.25) is 0 Å². The molecule has 1 amide bonds. The number of carbonyl (C=O) groups is 1. The molecule has 102 valence electrons. The first-order valence-electron chi connectivity index (χ1n) is 5.89. The van der Waals surface area contributed by atoms with E-state index in [1.54, 1.807) is 35.4 Å². The van der Waals surface area contributed by atoms with Crippen molar-refractivity contribution in [3.63, 3.8) is 0 Å². The molecule has 0 radical (unpaired) electrons. The lowest BCUT2D eigenvalue weighted by atomic mass is 10.3. The molecule has 0 aliphatic carbocycles. The number of thioether (sulfide) groups is 1. The molecule has 18 heavy (non-hydrogen) atoms. The molecular weight excluding hydrogens is 252 g/mol. The molecule has 0 saturated heterocycles. The molecule has 0 aliphatic rings. The average Bonchev–Trinajstić information content (AvgIpc) is 2.79. The lowest BCUT2D eigenvalue weighted by molar-refractivity contribution is -0.128. The number of rotatable bonds is 8. The van der Waals surface area contributed by atoms with Gasteiger partial charge in [-0.05, 0) is 23.9 Å². The molecule has 0 unspecified atom stereocenters. The summed E-state index contributed by atoms with van der Waals surface area (Å²) in [5.74, 6) is 1.00. The van der Waals surface area contributed by atoms with Crippen molar-refractivity contribution in [2.75, 3.05) is 33.4 Å². The fourth-order valence-corrected chi connectivity index (χ4v) is 2.11. The predicted molar refractivity (Wildman–Crippen MR) is 70.4 cm³/mol. The summed E-state index contributed by atoms with van der Waals surface area (Å²) in [4.78, 5) is 13.0. The predicted octanol–water partition coefficient (Wildman–Crippen LogP) is -0.147. The Morgan fingerprint density at radius 1 is 1.50 bits per heavy atom. The van der Waals surface area contributed by atoms with Crippen LogP contribution in [0.15, 0.2) is 5.16 Å². The number of carbonyl (C=O) groups excluding carboxylic acids is 1. The second kappa shape index (κ2) is 8.04. The summed E-state index contributed by atoms with van der Waals surface area (Å²) in [7, 11) is 5.44. The fourth-order valence-electron chi connectivity index (χ4n) is 1.27. The van der Waals surface area contributed by atoms with Crippen molar-refractivity contribution in [3.8, 4) is 0 Å². The lowest BCUT2D eigenvalue weighted by Crippen LogP contribution is -2.21. The van der Waals surface area contributed by atoms with Gasteiger partial charge >= 0.3 is 0 Å². The van der Waals surface area contributed by atoms with Gasteiger partial charge in [0.15, 0.2) is 0 Å². The van der Waals surface area contributed by atoms with E-state index in [-0.39, 0.29) is 5.91 Å². The maximum atomic E-state index is 11.4. The summed E-state index contributed by atoms with van der Waals surface area (Å²) in [6.07, 6.45) is 1.40. The van der Waals surface area contributed by atoms with Gasteiger partial charge in [0, 0.05) is 32.8 Å². The third-order valence-corrected chi connectivity index (χ3v) is 3.38. The number of tetrazole rings is 1. The normalized spacial score (nSPS) is 10.6. The van der Waals surface area contributed by atoms with Crippen molar-refractivity contribution in [2.45, 2.75) is 24.5 Å². The average molecular weight is 272 g/mol. The number of amides is 1. The van der Waals surface area contributed by atoms with Crippen LogP contribution in [-0.4, -0.2) is 64.5 Å². The van der Waals surface area contributed by atoms with Gasteiger partial charge in [-0.25, -0.2) is 4.68 Å². The van der Waals surface area contributed by atoms with Crippen LogP contribution in [0.4, 0.5) is 0 Å². The Morgan fingerprint density at radius 2 is 2.28 bits per heavy atom. The van der Waals surface area contributed by atoms with E-state index in [0.717, 1.165) is 30.4 Å². The molecule has 0 spiro atoms. The topological polar surface area (TPSA) is 75.9 Å². The van der Waals surface area contributed by atoms with Crippen LogP contribution in [-0.2, 0) is 11.3 Å². The maximum Gasteiger partial charge on any atom is 0.222 e. The zero-order valence-corrected chi connectivity index (χ0v) is 11.9. The quantitative estimate of drug-likeness (QED) is 0.524. The largest absolute Gasteiger partial charge is 0.349 e. The van der Waals surface area contributed by atoms with Crippen molar-refractivity contribution >= 4 is 17.7 Å². The van der Waals surface area contributed by atoms with Crippen LogP contribution in [0.1, 0.15) is 12.8 Å². The molecule has 0 atom stereocenters. The third kappa shape index (κ3) is 5.01. The number of nitrogens with one attached hydrogen (secondary N) is 1. The second-order valence-corrected chi connectivity index (χ2v) is 5.09. The van der Waals surface area contributed by atoms with E-state index < -0.39 is 0 Å². The van der Waals surface area contributed by atoms with Crippen LogP contribution in [0.5, 0.6) is 0 Å². The van der Waals surface area contributed by atoms with E-state index in [4.69, 9.17) is 0 Å². The number of nitrogens with zero attached hydrogens (tertiary/aromatic N) is 5. The highest BCUT2D eigenvalue weighted by Gasteiger charge is 2.07. The minimum atomic E-state index is 0.158. The van der Waals surface area contributed by atoms with Crippen molar-refractivity contribution < 1.29 is 4.79 Å². The molecule has 0 bridgehead atoms. The van der Waals surface area contributed by atoms with Gasteiger partial charge in [0.05, 0.1) is 6.54 Å². The van der Waals surface area contributed by atoms with E-state index in [9.17, 15) is 4.79 Å². The Kier molecular flexibility index (Phi) is 6.66. The van der Waals surface area contributed by atoms with Gasteiger partial charge in [-0.15, -0.1) is 5.10 Å². The van der Waals surface area contributed by atoms with E-state index in [1.165, 1.54) is 0 Å². The molecule has 1 N–H and O–H groups in total. The Labute approximate surface area is 111 Å². The van der Waals surface area contributed by atoms with E-state index in [1.807, 2.05) is 7.05 Å². The first-order valence-corrected chi connectivity index (χ1v) is 6.87. The summed E-state index contributed by atoms with van der Waals surface area (Å²) < 4.78 is 1.77. The molecule has 8 heteroatoms. The highest BCUT2D eigenvalue weighted by Crippen LogP contribution is 2.15. The van der Waals surface area contributed by atoms with Gasteiger partial charge in [0.1, 0.15) is 0 Å². The highest BCUT2D eigenvalue weighted by molar-refractivity contribution is 7.99. The van der Waals surface area contributed by atoms with Crippen molar-refractivity contribution in [1.29, 1.82) is 0 Å². The zero-order valence-electron chi connectivity index (χ0n) is 11.1. The number of hydrogen-bond acceptors (Lipinski definition) is 6. The molecule has 1 heterocycles. The summed E-state index contributed by atoms with van der Waals surface area (Å²) >= 11 is 1.59. The maximum absolute atomic E-state index is 11.4. The first-order chi connectivity index (χ1) is 8.65.